The maximum absolute atomic E-state index is 11.2. The van der Waals surface area contributed by atoms with E-state index in [1.165, 1.54) is 22.3 Å². The van der Waals surface area contributed by atoms with Crippen LogP contribution in [0.25, 0.3) is 0 Å². The molecule has 0 atom stereocenters. The van der Waals surface area contributed by atoms with Crippen LogP contribution in [0.4, 0.5) is 0 Å². The predicted molar refractivity (Wildman–Crippen MR) is 52.9 cm³/mol. The van der Waals surface area contributed by atoms with Crippen LogP contribution in [-0.4, -0.2) is 5.78 Å². The standard InChI is InChI=1S/C12H14O/c1-8-5-9(2)12-4-3-11(13)7-10(12)6-8/h5-6H,3-4,7H2,1-2H3. The molecule has 0 unspecified atom stereocenters. The highest BCUT2D eigenvalue weighted by Gasteiger charge is 2.16. The van der Waals surface area contributed by atoms with Crippen molar-refractivity contribution < 1.29 is 4.79 Å². The van der Waals surface area contributed by atoms with E-state index in [-0.39, 0.29) is 0 Å². The van der Waals surface area contributed by atoms with E-state index in [4.69, 9.17) is 0 Å². The lowest BCUT2D eigenvalue weighted by molar-refractivity contribution is -0.118. The van der Waals surface area contributed by atoms with Gasteiger partial charge >= 0.3 is 0 Å². The quantitative estimate of drug-likeness (QED) is 0.590. The molecule has 1 aromatic carbocycles. The number of hydrogen-bond acceptors (Lipinski definition) is 1. The number of benzene rings is 1. The van der Waals surface area contributed by atoms with Crippen molar-refractivity contribution in [3.63, 3.8) is 0 Å². The summed E-state index contributed by atoms with van der Waals surface area (Å²) in [6, 6.07) is 4.36. The van der Waals surface area contributed by atoms with Crippen LogP contribution in [0.15, 0.2) is 12.1 Å². The molecule has 1 heteroatoms. The van der Waals surface area contributed by atoms with E-state index in [9.17, 15) is 4.79 Å². The summed E-state index contributed by atoms with van der Waals surface area (Å²) in [5, 5.41) is 0. The molecule has 1 aliphatic rings. The summed E-state index contributed by atoms with van der Waals surface area (Å²) in [6.07, 6.45) is 2.33. The largest absolute Gasteiger partial charge is 0.299 e. The van der Waals surface area contributed by atoms with E-state index in [0.717, 1.165) is 12.8 Å². The Kier molecular flexibility index (Phi) is 1.95. The molecule has 1 aliphatic carbocycles. The minimum absolute atomic E-state index is 0.387. The third-order valence-electron chi connectivity index (χ3n) is 2.75. The molecule has 0 fully saturated rings. The van der Waals surface area contributed by atoms with Crippen molar-refractivity contribution >= 4 is 5.78 Å². The number of aryl methyl sites for hydroxylation is 2. The maximum atomic E-state index is 11.2. The third-order valence-corrected chi connectivity index (χ3v) is 2.75. The summed E-state index contributed by atoms with van der Waals surface area (Å²) < 4.78 is 0. The SMILES string of the molecule is Cc1cc(C)c2c(c1)CC(=O)CC2. The summed E-state index contributed by atoms with van der Waals surface area (Å²) in [5.74, 6) is 0.387. The number of rotatable bonds is 0. The molecule has 2 rings (SSSR count). The first-order valence-electron chi connectivity index (χ1n) is 4.77. The van der Waals surface area contributed by atoms with Gasteiger partial charge < -0.3 is 0 Å². The molecule has 0 saturated carbocycles. The van der Waals surface area contributed by atoms with Crippen molar-refractivity contribution in [1.29, 1.82) is 0 Å². The van der Waals surface area contributed by atoms with Gasteiger partial charge in [-0.15, -0.1) is 0 Å². The summed E-state index contributed by atoms with van der Waals surface area (Å²) in [5.41, 5.74) is 5.28. The Labute approximate surface area is 78.8 Å². The third kappa shape index (κ3) is 1.51. The van der Waals surface area contributed by atoms with E-state index >= 15 is 0 Å². The van der Waals surface area contributed by atoms with Crippen LogP contribution >= 0.6 is 0 Å². The van der Waals surface area contributed by atoms with Gasteiger partial charge in [-0.25, -0.2) is 0 Å². The van der Waals surface area contributed by atoms with Crippen LogP contribution in [0.3, 0.4) is 0 Å². The average Bonchev–Trinajstić information content (AvgIpc) is 2.02. The second-order valence-electron chi connectivity index (χ2n) is 3.93. The topological polar surface area (TPSA) is 17.1 Å². The Morgan fingerprint density at radius 2 is 1.92 bits per heavy atom. The highest BCUT2D eigenvalue weighted by atomic mass is 16.1. The van der Waals surface area contributed by atoms with Crippen LogP contribution in [0, 0.1) is 13.8 Å². The van der Waals surface area contributed by atoms with Gasteiger partial charge in [0.05, 0.1) is 0 Å². The monoisotopic (exact) mass is 174 g/mol. The van der Waals surface area contributed by atoms with Crippen LogP contribution in [0.1, 0.15) is 28.7 Å². The van der Waals surface area contributed by atoms with Crippen molar-refractivity contribution in [3.8, 4) is 0 Å². The van der Waals surface area contributed by atoms with E-state index in [2.05, 4.69) is 26.0 Å². The van der Waals surface area contributed by atoms with Crippen LogP contribution < -0.4 is 0 Å². The maximum Gasteiger partial charge on any atom is 0.137 e. The molecule has 13 heavy (non-hydrogen) atoms. The fourth-order valence-corrected chi connectivity index (χ4v) is 2.17. The fourth-order valence-electron chi connectivity index (χ4n) is 2.17. The Hall–Kier alpha value is -1.11. The molecular formula is C12H14O. The van der Waals surface area contributed by atoms with Gasteiger partial charge in [0.15, 0.2) is 0 Å². The van der Waals surface area contributed by atoms with Gasteiger partial charge in [0.1, 0.15) is 5.78 Å². The Bertz CT molecular complexity index is 364. The number of ketones is 1. The molecule has 0 heterocycles. The zero-order valence-corrected chi connectivity index (χ0v) is 8.18. The normalized spacial score (nSPS) is 15.7. The van der Waals surface area contributed by atoms with E-state index in [1.54, 1.807) is 0 Å². The van der Waals surface area contributed by atoms with Crippen molar-refractivity contribution in [2.75, 3.05) is 0 Å². The number of hydrogen-bond donors (Lipinski definition) is 0. The second kappa shape index (κ2) is 2.99. The second-order valence-corrected chi connectivity index (χ2v) is 3.93. The molecule has 0 bridgehead atoms. The smallest absolute Gasteiger partial charge is 0.137 e. The van der Waals surface area contributed by atoms with Gasteiger partial charge in [0.25, 0.3) is 0 Å². The Morgan fingerprint density at radius 3 is 2.69 bits per heavy atom. The molecule has 0 radical (unpaired) electrons. The van der Waals surface area contributed by atoms with E-state index in [0.29, 0.717) is 12.2 Å². The zero-order valence-electron chi connectivity index (χ0n) is 8.18. The highest BCUT2D eigenvalue weighted by molar-refractivity contribution is 5.83. The first-order chi connectivity index (χ1) is 6.16. The minimum Gasteiger partial charge on any atom is -0.299 e. The van der Waals surface area contributed by atoms with Gasteiger partial charge in [-0.2, -0.15) is 0 Å². The van der Waals surface area contributed by atoms with Crippen molar-refractivity contribution in [2.24, 2.45) is 0 Å². The molecule has 0 aromatic heterocycles. The molecule has 0 aliphatic heterocycles. The predicted octanol–water partition coefficient (Wildman–Crippen LogP) is 2.36. The highest BCUT2D eigenvalue weighted by Crippen LogP contribution is 2.23. The number of fused-ring (bicyclic) bond motifs is 1. The van der Waals surface area contributed by atoms with E-state index < -0.39 is 0 Å². The van der Waals surface area contributed by atoms with Gasteiger partial charge in [-0.3, -0.25) is 4.79 Å². The number of carbonyl (C=O) groups is 1. The first-order valence-corrected chi connectivity index (χ1v) is 4.77. The van der Waals surface area contributed by atoms with Crippen molar-refractivity contribution in [1.82, 2.24) is 0 Å². The van der Waals surface area contributed by atoms with Gasteiger partial charge in [0, 0.05) is 12.8 Å². The van der Waals surface area contributed by atoms with E-state index in [1.807, 2.05) is 0 Å². The summed E-state index contributed by atoms with van der Waals surface area (Å²) in [6.45, 7) is 4.23. The molecule has 0 spiro atoms. The molecule has 0 amide bonds. The summed E-state index contributed by atoms with van der Waals surface area (Å²) in [7, 11) is 0. The summed E-state index contributed by atoms with van der Waals surface area (Å²) in [4.78, 5) is 11.2. The lowest BCUT2D eigenvalue weighted by Gasteiger charge is -2.17. The molecule has 68 valence electrons. The Morgan fingerprint density at radius 1 is 1.15 bits per heavy atom. The number of Topliss-reactive ketones (excluding diaryl/α,β-unsaturated/α-hetero) is 1. The average molecular weight is 174 g/mol. The Balaban J connectivity index is 2.53. The van der Waals surface area contributed by atoms with Crippen LogP contribution in [0.2, 0.25) is 0 Å². The molecule has 1 aromatic rings. The zero-order chi connectivity index (χ0) is 9.42. The lowest BCUT2D eigenvalue weighted by Crippen LogP contribution is -2.14. The fraction of sp³-hybridized carbons (Fsp3) is 0.417. The molecule has 1 nitrogen and oxygen atoms in total. The van der Waals surface area contributed by atoms with Gasteiger partial charge in [-0.1, -0.05) is 17.7 Å². The minimum atomic E-state index is 0.387. The van der Waals surface area contributed by atoms with Crippen molar-refractivity contribution in [2.45, 2.75) is 33.1 Å². The van der Waals surface area contributed by atoms with Crippen LogP contribution in [-0.2, 0) is 17.6 Å². The molecule has 0 N–H and O–H groups in total. The summed E-state index contributed by atoms with van der Waals surface area (Å²) >= 11 is 0. The number of carbonyl (C=O) groups excluding carboxylic acids is 1. The van der Waals surface area contributed by atoms with Crippen LogP contribution in [0.5, 0.6) is 0 Å². The molecule has 0 saturated heterocycles. The van der Waals surface area contributed by atoms with Gasteiger partial charge in [0.2, 0.25) is 0 Å². The van der Waals surface area contributed by atoms with Crippen molar-refractivity contribution in [3.05, 3.63) is 34.4 Å². The van der Waals surface area contributed by atoms with Gasteiger partial charge in [-0.05, 0) is 37.0 Å². The lowest BCUT2D eigenvalue weighted by atomic mass is 9.87. The first kappa shape index (κ1) is 8.49. The molecular weight excluding hydrogens is 160 g/mol.